The Labute approximate surface area is 195 Å². The smallest absolute Gasteiger partial charge is 0.143 e. The molecule has 2 aromatic rings. The molecular weight excluding hydrogens is 426 g/mol. The minimum Gasteiger partial charge on any atom is -0.382 e. The van der Waals surface area contributed by atoms with Crippen LogP contribution >= 0.6 is 11.6 Å². The second-order valence-corrected chi connectivity index (χ2v) is 9.71. The van der Waals surface area contributed by atoms with E-state index in [9.17, 15) is 4.79 Å². The van der Waals surface area contributed by atoms with Crippen LogP contribution in [0.3, 0.4) is 0 Å². The first kappa shape index (κ1) is 23.2. The minimum atomic E-state index is -0.221. The predicted octanol–water partition coefficient (Wildman–Crippen LogP) is 4.12. The van der Waals surface area contributed by atoms with Crippen LogP contribution in [-0.2, 0) is 20.7 Å². The Morgan fingerprint density at radius 1 is 1.34 bits per heavy atom. The van der Waals surface area contributed by atoms with Crippen molar-refractivity contribution in [3.63, 3.8) is 0 Å². The van der Waals surface area contributed by atoms with Gasteiger partial charge in [0.2, 0.25) is 0 Å². The Bertz CT molecular complexity index is 934. The zero-order chi connectivity index (χ0) is 22.6. The van der Waals surface area contributed by atoms with Gasteiger partial charge in [0.1, 0.15) is 5.78 Å². The van der Waals surface area contributed by atoms with Crippen LogP contribution < -0.4 is 10.6 Å². The number of carbonyl (C=O) groups excluding carboxylic acids is 1. The summed E-state index contributed by atoms with van der Waals surface area (Å²) in [4.78, 5) is 17.1. The number of rotatable bonds is 7. The number of pyridine rings is 1. The number of halogens is 1. The van der Waals surface area contributed by atoms with Crippen LogP contribution in [0.25, 0.3) is 11.1 Å². The number of aromatic nitrogens is 1. The molecule has 0 spiro atoms. The number of nitrogens with one attached hydrogen (secondary N) is 2. The number of piperidine rings is 1. The van der Waals surface area contributed by atoms with E-state index in [-0.39, 0.29) is 23.4 Å². The molecule has 4 rings (SSSR count). The molecule has 2 atom stereocenters. The first-order valence-corrected chi connectivity index (χ1v) is 11.8. The molecule has 7 heteroatoms. The molecule has 2 N–H and O–H groups in total. The number of benzene rings is 1. The van der Waals surface area contributed by atoms with Gasteiger partial charge in [0, 0.05) is 48.6 Å². The third kappa shape index (κ3) is 6.07. The molecule has 0 bridgehead atoms. The summed E-state index contributed by atoms with van der Waals surface area (Å²) in [7, 11) is 0. The van der Waals surface area contributed by atoms with Crippen molar-refractivity contribution in [2.45, 2.75) is 44.8 Å². The zero-order valence-electron chi connectivity index (χ0n) is 18.8. The Balaban J connectivity index is 1.41. The summed E-state index contributed by atoms with van der Waals surface area (Å²) in [6.07, 6.45) is 4.00. The number of hydrogen-bond donors (Lipinski definition) is 2. The topological polar surface area (TPSA) is 72.5 Å². The first-order valence-electron chi connectivity index (χ1n) is 11.4. The highest BCUT2D eigenvalue weighted by Gasteiger charge is 2.28. The van der Waals surface area contributed by atoms with Crippen molar-refractivity contribution in [1.82, 2.24) is 10.3 Å². The van der Waals surface area contributed by atoms with Crippen molar-refractivity contribution < 1.29 is 14.3 Å². The van der Waals surface area contributed by atoms with E-state index in [2.05, 4.69) is 21.7 Å². The van der Waals surface area contributed by atoms with Gasteiger partial charge < -0.3 is 20.1 Å². The van der Waals surface area contributed by atoms with Crippen molar-refractivity contribution in [2.75, 3.05) is 38.2 Å². The van der Waals surface area contributed by atoms with Gasteiger partial charge >= 0.3 is 0 Å². The molecular formula is C25H32ClN3O3. The van der Waals surface area contributed by atoms with Crippen molar-refractivity contribution >= 4 is 23.1 Å². The van der Waals surface area contributed by atoms with E-state index >= 15 is 0 Å². The molecule has 0 saturated carbocycles. The van der Waals surface area contributed by atoms with Crippen LogP contribution in [0.4, 0.5) is 5.69 Å². The maximum absolute atomic E-state index is 12.7. The Morgan fingerprint density at radius 2 is 2.22 bits per heavy atom. The monoisotopic (exact) mass is 457 g/mol. The quantitative estimate of drug-likeness (QED) is 0.651. The fourth-order valence-electron chi connectivity index (χ4n) is 4.12. The van der Waals surface area contributed by atoms with Crippen LogP contribution in [0.1, 0.15) is 32.4 Å². The molecule has 1 aromatic carbocycles. The Morgan fingerprint density at radius 3 is 2.97 bits per heavy atom. The highest BCUT2D eigenvalue weighted by atomic mass is 35.5. The number of ketones is 1. The number of anilines is 1. The number of nitrogens with zero attached hydrogens (tertiary/aromatic N) is 1. The first-order chi connectivity index (χ1) is 15.4. The van der Waals surface area contributed by atoms with E-state index in [4.69, 9.17) is 21.1 Å². The van der Waals surface area contributed by atoms with E-state index in [1.807, 2.05) is 38.1 Å². The van der Waals surface area contributed by atoms with Crippen LogP contribution in [0.15, 0.2) is 36.5 Å². The third-order valence-corrected chi connectivity index (χ3v) is 6.35. The predicted molar refractivity (Wildman–Crippen MR) is 127 cm³/mol. The number of ether oxygens (including phenoxy) is 2. The molecule has 2 saturated heterocycles. The Kier molecular flexibility index (Phi) is 7.46. The minimum absolute atomic E-state index is 0.0167. The van der Waals surface area contributed by atoms with Gasteiger partial charge in [0.15, 0.2) is 0 Å². The summed E-state index contributed by atoms with van der Waals surface area (Å²) in [6.45, 7) is 7.65. The van der Waals surface area contributed by atoms with Crippen LogP contribution in [0.5, 0.6) is 0 Å². The molecule has 0 unspecified atom stereocenters. The molecule has 2 aliphatic heterocycles. The highest BCUT2D eigenvalue weighted by Crippen LogP contribution is 2.30. The average Bonchev–Trinajstić information content (AvgIpc) is 2.80. The molecule has 6 nitrogen and oxygen atoms in total. The summed E-state index contributed by atoms with van der Waals surface area (Å²) < 4.78 is 11.7. The van der Waals surface area contributed by atoms with Gasteiger partial charge in [-0.05, 0) is 57.0 Å². The van der Waals surface area contributed by atoms with Crippen LogP contribution in [0.2, 0.25) is 5.02 Å². The summed E-state index contributed by atoms with van der Waals surface area (Å²) in [5, 5.41) is 7.32. The lowest BCUT2D eigenvalue weighted by Gasteiger charge is -2.35. The van der Waals surface area contributed by atoms with Crippen LogP contribution in [-0.4, -0.2) is 55.3 Å². The normalized spacial score (nSPS) is 23.0. The van der Waals surface area contributed by atoms with Crippen molar-refractivity contribution in [3.8, 4) is 11.1 Å². The summed E-state index contributed by atoms with van der Waals surface area (Å²) in [6, 6.07) is 10.0. The molecule has 1 aromatic heterocycles. The Hall–Kier alpha value is -1.99. The molecule has 2 aliphatic rings. The fourth-order valence-corrected chi connectivity index (χ4v) is 4.33. The molecule has 2 fully saturated rings. The van der Waals surface area contributed by atoms with E-state index < -0.39 is 0 Å². The maximum Gasteiger partial charge on any atom is 0.143 e. The summed E-state index contributed by atoms with van der Waals surface area (Å²) in [5.74, 6) is 0.319. The molecule has 32 heavy (non-hydrogen) atoms. The molecule has 172 valence electrons. The standard InChI is InChI=1S/C25H32ClN3O3/c1-25(2)16-31-21(15-32-25)13-28-19-7-3-5-17(9-19)22-10-20(29-14-23(22)26)11-24(30)18-6-4-8-27-12-18/h3,5,7,9-10,14,18,21,27-28H,4,6,8,11-13,15-16H2,1-2H3/t18-,21+/m1/s1. The van der Waals surface area contributed by atoms with Gasteiger partial charge in [-0.15, -0.1) is 0 Å². The second-order valence-electron chi connectivity index (χ2n) is 9.31. The summed E-state index contributed by atoms with van der Waals surface area (Å²) >= 11 is 6.48. The van der Waals surface area contributed by atoms with E-state index in [1.54, 1.807) is 6.20 Å². The number of Topliss-reactive ketones (excluding diaryl/α,β-unsaturated/α-hetero) is 1. The fraction of sp³-hybridized carbons (Fsp3) is 0.520. The van der Waals surface area contributed by atoms with Gasteiger partial charge in [0.25, 0.3) is 0 Å². The third-order valence-electron chi connectivity index (χ3n) is 6.05. The number of hydrogen-bond acceptors (Lipinski definition) is 6. The SMILES string of the molecule is CC1(C)CO[C@@H](CNc2cccc(-c3cc(CC(=O)[C@@H]4CCCNC4)ncc3Cl)c2)CO1. The van der Waals surface area contributed by atoms with Crippen LogP contribution in [0, 0.1) is 5.92 Å². The number of carbonyl (C=O) groups is 1. The lowest BCUT2D eigenvalue weighted by atomic mass is 9.92. The lowest BCUT2D eigenvalue weighted by Crippen LogP contribution is -2.44. The highest BCUT2D eigenvalue weighted by molar-refractivity contribution is 6.33. The van der Waals surface area contributed by atoms with Crippen molar-refractivity contribution in [3.05, 3.63) is 47.2 Å². The molecule has 0 radical (unpaired) electrons. The van der Waals surface area contributed by atoms with Gasteiger partial charge in [-0.2, -0.15) is 0 Å². The van der Waals surface area contributed by atoms with Crippen molar-refractivity contribution in [1.29, 1.82) is 0 Å². The summed E-state index contributed by atoms with van der Waals surface area (Å²) in [5.41, 5.74) is 3.39. The molecule has 0 aliphatic carbocycles. The largest absolute Gasteiger partial charge is 0.382 e. The van der Waals surface area contributed by atoms with E-state index in [1.165, 1.54) is 0 Å². The average molecular weight is 458 g/mol. The molecule has 3 heterocycles. The van der Waals surface area contributed by atoms with Gasteiger partial charge in [-0.1, -0.05) is 23.7 Å². The lowest BCUT2D eigenvalue weighted by molar-refractivity contribution is -0.170. The van der Waals surface area contributed by atoms with Crippen molar-refractivity contribution in [2.24, 2.45) is 5.92 Å². The van der Waals surface area contributed by atoms with E-state index in [0.29, 0.717) is 31.2 Å². The zero-order valence-corrected chi connectivity index (χ0v) is 19.6. The van der Waals surface area contributed by atoms with Gasteiger partial charge in [-0.3, -0.25) is 9.78 Å². The maximum atomic E-state index is 12.7. The second kappa shape index (κ2) is 10.3. The molecule has 0 amide bonds. The van der Waals surface area contributed by atoms with Gasteiger partial charge in [-0.25, -0.2) is 0 Å². The van der Waals surface area contributed by atoms with E-state index in [0.717, 1.165) is 48.4 Å². The van der Waals surface area contributed by atoms with Gasteiger partial charge in [0.05, 0.1) is 29.9 Å².